The number of amides is 2. The Bertz CT molecular complexity index is 387. The predicted molar refractivity (Wildman–Crippen MR) is 62.9 cm³/mol. The highest BCUT2D eigenvalue weighted by Crippen LogP contribution is 2.22. The number of piperidine rings is 1. The van der Waals surface area contributed by atoms with Gasteiger partial charge < -0.3 is 9.84 Å². The summed E-state index contributed by atoms with van der Waals surface area (Å²) in [4.78, 5) is 46.6. The third-order valence-electron chi connectivity index (χ3n) is 3.03. The van der Waals surface area contributed by atoms with Gasteiger partial charge in [0.1, 0.15) is 6.04 Å². The Labute approximate surface area is 110 Å². The van der Waals surface area contributed by atoms with E-state index in [9.17, 15) is 19.2 Å². The van der Waals surface area contributed by atoms with E-state index in [0.717, 1.165) is 4.90 Å². The summed E-state index contributed by atoms with van der Waals surface area (Å²) in [5, 5.41) is 9.11. The second-order valence-corrected chi connectivity index (χ2v) is 4.64. The number of carbonyl (C=O) groups excluding carboxylic acids is 3. The largest absolute Gasteiger partial charge is 0.480 e. The van der Waals surface area contributed by atoms with Crippen molar-refractivity contribution in [1.29, 1.82) is 0 Å². The van der Waals surface area contributed by atoms with E-state index in [1.165, 1.54) is 7.11 Å². The quantitative estimate of drug-likeness (QED) is 0.565. The molecule has 1 rings (SSSR count). The summed E-state index contributed by atoms with van der Waals surface area (Å²) in [6, 6.07) is -1.30. The molecule has 0 radical (unpaired) electrons. The molecule has 1 atom stereocenters. The number of rotatable bonds is 5. The molecule has 0 aromatic heterocycles. The van der Waals surface area contributed by atoms with Crippen molar-refractivity contribution in [3.05, 3.63) is 0 Å². The Morgan fingerprint density at radius 2 is 1.89 bits per heavy atom. The first kappa shape index (κ1) is 15.1. The van der Waals surface area contributed by atoms with E-state index in [-0.39, 0.29) is 31.6 Å². The number of ether oxygens (including phenoxy) is 1. The number of likely N-dealkylation sites (tertiary alicyclic amines) is 1. The van der Waals surface area contributed by atoms with Crippen LogP contribution in [0.1, 0.15) is 32.6 Å². The van der Waals surface area contributed by atoms with Crippen molar-refractivity contribution < 1.29 is 29.0 Å². The fourth-order valence-corrected chi connectivity index (χ4v) is 2.07. The molecule has 0 aliphatic carbocycles. The fourth-order valence-electron chi connectivity index (χ4n) is 2.07. The van der Waals surface area contributed by atoms with Crippen molar-refractivity contribution in [1.82, 2.24) is 4.90 Å². The lowest BCUT2D eigenvalue weighted by atomic mass is 9.95. The van der Waals surface area contributed by atoms with Crippen LogP contribution in [0.25, 0.3) is 0 Å². The molecule has 1 aliphatic rings. The molecule has 1 aliphatic heterocycles. The summed E-state index contributed by atoms with van der Waals surface area (Å²) >= 11 is 0. The van der Waals surface area contributed by atoms with E-state index in [1.807, 2.05) is 0 Å². The molecule has 2 amide bonds. The third kappa shape index (κ3) is 3.77. The third-order valence-corrected chi connectivity index (χ3v) is 3.03. The van der Waals surface area contributed by atoms with E-state index >= 15 is 0 Å². The van der Waals surface area contributed by atoms with E-state index in [2.05, 4.69) is 4.74 Å². The fraction of sp³-hybridized carbons (Fsp3) is 0.667. The number of imide groups is 1. The van der Waals surface area contributed by atoms with Crippen molar-refractivity contribution in [3.8, 4) is 0 Å². The first-order chi connectivity index (χ1) is 8.86. The van der Waals surface area contributed by atoms with Crippen LogP contribution in [0.3, 0.4) is 0 Å². The maximum atomic E-state index is 11.8. The van der Waals surface area contributed by atoms with Crippen LogP contribution >= 0.6 is 0 Å². The molecular weight excluding hydrogens is 254 g/mol. The molecule has 0 bridgehead atoms. The maximum Gasteiger partial charge on any atom is 0.326 e. The van der Waals surface area contributed by atoms with Gasteiger partial charge in [0.05, 0.1) is 7.11 Å². The summed E-state index contributed by atoms with van der Waals surface area (Å²) in [5.41, 5.74) is 0. The second kappa shape index (κ2) is 6.31. The van der Waals surface area contributed by atoms with Gasteiger partial charge in [-0.15, -0.1) is 0 Å². The number of hydrogen-bond acceptors (Lipinski definition) is 5. The van der Waals surface area contributed by atoms with Gasteiger partial charge in [0, 0.05) is 19.3 Å². The molecule has 1 N–H and O–H groups in total. The molecular formula is C12H17NO6. The van der Waals surface area contributed by atoms with Crippen LogP contribution in [0.15, 0.2) is 0 Å². The Kier molecular flexibility index (Phi) is 5.02. The number of methoxy groups -OCH3 is 1. The van der Waals surface area contributed by atoms with Gasteiger partial charge >= 0.3 is 11.9 Å². The summed E-state index contributed by atoms with van der Waals surface area (Å²) in [5.74, 6) is -2.94. The molecule has 7 heteroatoms. The lowest BCUT2D eigenvalue weighted by Crippen LogP contribution is -2.52. The van der Waals surface area contributed by atoms with Crippen LogP contribution < -0.4 is 0 Å². The minimum Gasteiger partial charge on any atom is -0.480 e. The summed E-state index contributed by atoms with van der Waals surface area (Å²) in [6.07, 6.45) is 0.00936. The second-order valence-electron chi connectivity index (χ2n) is 4.64. The average molecular weight is 271 g/mol. The van der Waals surface area contributed by atoms with Crippen molar-refractivity contribution in [2.24, 2.45) is 5.92 Å². The predicted octanol–water partition coefficient (Wildman–Crippen LogP) is 0.178. The highest BCUT2D eigenvalue weighted by atomic mass is 16.5. The maximum absolute atomic E-state index is 11.8. The summed E-state index contributed by atoms with van der Waals surface area (Å²) < 4.78 is 4.42. The minimum absolute atomic E-state index is 0.0775. The van der Waals surface area contributed by atoms with Crippen molar-refractivity contribution in [3.63, 3.8) is 0 Å². The lowest BCUT2D eigenvalue weighted by Gasteiger charge is -2.32. The molecule has 0 saturated carbocycles. The first-order valence-electron chi connectivity index (χ1n) is 6.01. The normalized spacial score (nSPS) is 18.3. The number of hydrogen-bond donors (Lipinski definition) is 1. The number of aliphatic carboxylic acids is 1. The van der Waals surface area contributed by atoms with E-state index in [4.69, 9.17) is 5.11 Å². The SMILES string of the molecule is COC(=O)CCC(C(=O)O)N1C(=O)CC(C)CC1=O. The Balaban J connectivity index is 2.80. The zero-order valence-electron chi connectivity index (χ0n) is 10.9. The van der Waals surface area contributed by atoms with Crippen LogP contribution in [0.4, 0.5) is 0 Å². The number of esters is 1. The van der Waals surface area contributed by atoms with Gasteiger partial charge in [-0.05, 0) is 12.3 Å². The van der Waals surface area contributed by atoms with Crippen LogP contribution in [0.5, 0.6) is 0 Å². The molecule has 7 nitrogen and oxygen atoms in total. The van der Waals surface area contributed by atoms with E-state index in [1.54, 1.807) is 6.92 Å². The molecule has 19 heavy (non-hydrogen) atoms. The minimum atomic E-state index is -1.30. The van der Waals surface area contributed by atoms with Crippen LogP contribution in [-0.2, 0) is 23.9 Å². The van der Waals surface area contributed by atoms with Gasteiger partial charge in [0.15, 0.2) is 0 Å². The highest BCUT2D eigenvalue weighted by molar-refractivity contribution is 6.01. The average Bonchev–Trinajstić information content (AvgIpc) is 2.31. The Hall–Kier alpha value is -1.92. The standard InChI is InChI=1S/C12H17NO6/c1-7-5-9(14)13(10(15)6-7)8(12(17)18)3-4-11(16)19-2/h7-8H,3-6H2,1-2H3,(H,17,18). The van der Waals surface area contributed by atoms with Crippen LogP contribution in [0.2, 0.25) is 0 Å². The first-order valence-corrected chi connectivity index (χ1v) is 6.01. The van der Waals surface area contributed by atoms with Crippen LogP contribution in [0, 0.1) is 5.92 Å². The highest BCUT2D eigenvalue weighted by Gasteiger charge is 2.38. The van der Waals surface area contributed by atoms with Gasteiger partial charge in [-0.25, -0.2) is 4.79 Å². The number of carboxylic acid groups (broad SMARTS) is 1. The van der Waals surface area contributed by atoms with Gasteiger partial charge in [-0.3, -0.25) is 19.3 Å². The summed E-state index contributed by atoms with van der Waals surface area (Å²) in [6.45, 7) is 1.76. The molecule has 1 fully saturated rings. The smallest absolute Gasteiger partial charge is 0.326 e. The Morgan fingerprint density at radius 3 is 2.32 bits per heavy atom. The molecule has 1 heterocycles. The number of nitrogens with zero attached hydrogens (tertiary/aromatic N) is 1. The van der Waals surface area contributed by atoms with E-state index in [0.29, 0.717) is 0 Å². The topological polar surface area (TPSA) is 101 Å². The van der Waals surface area contributed by atoms with Gasteiger partial charge in [0.2, 0.25) is 11.8 Å². The van der Waals surface area contributed by atoms with Gasteiger partial charge in [0.25, 0.3) is 0 Å². The van der Waals surface area contributed by atoms with Crippen molar-refractivity contribution in [2.75, 3.05) is 7.11 Å². The van der Waals surface area contributed by atoms with Crippen molar-refractivity contribution >= 4 is 23.8 Å². The summed E-state index contributed by atoms with van der Waals surface area (Å²) in [7, 11) is 1.19. The lowest BCUT2D eigenvalue weighted by molar-refractivity contribution is -0.162. The zero-order valence-corrected chi connectivity index (χ0v) is 10.9. The van der Waals surface area contributed by atoms with Gasteiger partial charge in [-0.2, -0.15) is 0 Å². The molecule has 0 spiro atoms. The Morgan fingerprint density at radius 1 is 1.37 bits per heavy atom. The number of carbonyl (C=O) groups is 4. The van der Waals surface area contributed by atoms with Crippen molar-refractivity contribution in [2.45, 2.75) is 38.6 Å². The van der Waals surface area contributed by atoms with Gasteiger partial charge in [-0.1, -0.05) is 6.92 Å². The molecule has 106 valence electrons. The molecule has 0 aromatic rings. The number of carboxylic acids is 1. The van der Waals surface area contributed by atoms with Crippen LogP contribution in [-0.4, -0.2) is 46.9 Å². The zero-order chi connectivity index (χ0) is 14.6. The van der Waals surface area contributed by atoms with E-state index < -0.39 is 29.8 Å². The molecule has 0 aromatic carbocycles. The monoisotopic (exact) mass is 271 g/mol. The molecule has 1 unspecified atom stereocenters. The molecule has 1 saturated heterocycles.